The maximum absolute atomic E-state index is 12.7. The number of nitrogens with zero attached hydrogens (tertiary/aromatic N) is 3. The van der Waals surface area contributed by atoms with Gasteiger partial charge in [0.1, 0.15) is 16.2 Å². The summed E-state index contributed by atoms with van der Waals surface area (Å²) in [5.41, 5.74) is 1.18. The molecule has 0 aliphatic carbocycles. The van der Waals surface area contributed by atoms with Gasteiger partial charge in [-0.3, -0.25) is 4.79 Å². The van der Waals surface area contributed by atoms with E-state index in [4.69, 9.17) is 0 Å². The van der Waals surface area contributed by atoms with E-state index < -0.39 is 0 Å². The van der Waals surface area contributed by atoms with Gasteiger partial charge in [-0.25, -0.2) is 9.97 Å². The third-order valence-electron chi connectivity index (χ3n) is 4.66. The molecule has 1 aliphatic heterocycles. The average Bonchev–Trinajstić information content (AvgIpc) is 3.14. The molecule has 1 aromatic carbocycles. The maximum atomic E-state index is 12.7. The molecule has 1 amide bonds. The molecule has 0 radical (unpaired) electrons. The van der Waals surface area contributed by atoms with Crippen molar-refractivity contribution in [3.05, 3.63) is 42.7 Å². The van der Waals surface area contributed by atoms with E-state index in [0.29, 0.717) is 0 Å². The zero-order valence-corrected chi connectivity index (χ0v) is 16.4. The Kier molecular flexibility index (Phi) is 5.22. The SMILES string of the molecule is C[C@H](Sc1ncnc2sc(-c3ccccc3)cc12)C(=O)N1CCCCC1. The standard InChI is InChI=1S/C20H21N3OS2/c1-14(20(24)23-10-6-3-7-11-23)25-18-16-12-17(15-8-4-2-5-9-15)26-19(16)22-13-21-18/h2,4-5,8-9,12-14H,3,6-7,10-11H2,1H3/t14-/m0/s1. The van der Waals surface area contributed by atoms with Gasteiger partial charge in [-0.05, 0) is 37.8 Å². The molecule has 134 valence electrons. The van der Waals surface area contributed by atoms with E-state index in [1.165, 1.54) is 16.9 Å². The van der Waals surface area contributed by atoms with Gasteiger partial charge in [0.25, 0.3) is 0 Å². The van der Waals surface area contributed by atoms with Crippen LogP contribution in [0.25, 0.3) is 20.7 Å². The molecule has 1 aliphatic rings. The van der Waals surface area contributed by atoms with Gasteiger partial charge in [-0.2, -0.15) is 0 Å². The van der Waals surface area contributed by atoms with Crippen LogP contribution in [-0.2, 0) is 4.79 Å². The van der Waals surface area contributed by atoms with Gasteiger partial charge in [-0.15, -0.1) is 11.3 Å². The first kappa shape index (κ1) is 17.5. The quantitative estimate of drug-likeness (QED) is 0.477. The van der Waals surface area contributed by atoms with Crippen molar-refractivity contribution in [2.45, 2.75) is 36.5 Å². The molecule has 0 bridgehead atoms. The molecule has 2 aromatic heterocycles. The molecule has 0 spiro atoms. The maximum Gasteiger partial charge on any atom is 0.235 e. The van der Waals surface area contributed by atoms with Crippen molar-refractivity contribution in [2.24, 2.45) is 0 Å². The van der Waals surface area contributed by atoms with E-state index in [1.54, 1.807) is 29.4 Å². The Bertz CT molecular complexity index is 904. The highest BCUT2D eigenvalue weighted by atomic mass is 32.2. The number of amides is 1. The van der Waals surface area contributed by atoms with Gasteiger partial charge >= 0.3 is 0 Å². The third-order valence-corrected chi connectivity index (χ3v) is 6.85. The lowest BCUT2D eigenvalue weighted by Crippen LogP contribution is -2.40. The first-order valence-electron chi connectivity index (χ1n) is 8.98. The molecule has 4 rings (SSSR count). The molecule has 4 nitrogen and oxygen atoms in total. The van der Waals surface area contributed by atoms with E-state index in [2.05, 4.69) is 28.2 Å². The predicted octanol–water partition coefficient (Wildman–Crippen LogP) is 4.85. The second-order valence-corrected chi connectivity index (χ2v) is 8.88. The largest absolute Gasteiger partial charge is 0.342 e. The lowest BCUT2D eigenvalue weighted by atomic mass is 10.1. The van der Waals surface area contributed by atoms with Crippen LogP contribution in [0, 0.1) is 0 Å². The van der Waals surface area contributed by atoms with Crippen LogP contribution in [0.3, 0.4) is 0 Å². The zero-order chi connectivity index (χ0) is 17.9. The van der Waals surface area contributed by atoms with E-state index in [-0.39, 0.29) is 11.2 Å². The number of thioether (sulfide) groups is 1. The Morgan fingerprint density at radius 2 is 1.92 bits per heavy atom. The smallest absolute Gasteiger partial charge is 0.235 e. The molecular weight excluding hydrogens is 362 g/mol. The first-order chi connectivity index (χ1) is 12.7. The van der Waals surface area contributed by atoms with Crippen LogP contribution >= 0.6 is 23.1 Å². The molecule has 1 fully saturated rings. The summed E-state index contributed by atoms with van der Waals surface area (Å²) in [4.78, 5) is 25.8. The molecule has 1 atom stereocenters. The van der Waals surface area contributed by atoms with Crippen molar-refractivity contribution in [2.75, 3.05) is 13.1 Å². The van der Waals surface area contributed by atoms with Crippen LogP contribution in [0.15, 0.2) is 47.8 Å². The first-order valence-corrected chi connectivity index (χ1v) is 10.7. The van der Waals surface area contributed by atoms with Gasteiger partial charge in [0.15, 0.2) is 0 Å². The molecule has 26 heavy (non-hydrogen) atoms. The number of aromatic nitrogens is 2. The van der Waals surface area contributed by atoms with Gasteiger partial charge in [0, 0.05) is 23.4 Å². The van der Waals surface area contributed by atoms with Crippen molar-refractivity contribution < 1.29 is 4.79 Å². The second kappa shape index (κ2) is 7.76. The Hall–Kier alpha value is -1.92. The van der Waals surface area contributed by atoms with E-state index >= 15 is 0 Å². The fraction of sp³-hybridized carbons (Fsp3) is 0.350. The van der Waals surface area contributed by atoms with Gasteiger partial charge < -0.3 is 4.90 Å². The predicted molar refractivity (Wildman–Crippen MR) is 109 cm³/mol. The normalized spacial score (nSPS) is 16.0. The lowest BCUT2D eigenvalue weighted by molar-refractivity contribution is -0.131. The molecule has 3 heterocycles. The molecule has 3 aromatic rings. The van der Waals surface area contributed by atoms with Crippen LogP contribution in [0.1, 0.15) is 26.2 Å². The van der Waals surface area contributed by atoms with E-state index in [1.807, 2.05) is 30.0 Å². The highest BCUT2D eigenvalue weighted by molar-refractivity contribution is 8.00. The number of hydrogen-bond donors (Lipinski definition) is 0. The Balaban J connectivity index is 1.58. The summed E-state index contributed by atoms with van der Waals surface area (Å²) >= 11 is 3.22. The Morgan fingerprint density at radius 3 is 2.69 bits per heavy atom. The highest BCUT2D eigenvalue weighted by Crippen LogP contribution is 2.37. The van der Waals surface area contributed by atoms with Crippen LogP contribution in [-0.4, -0.2) is 39.1 Å². The number of fused-ring (bicyclic) bond motifs is 1. The van der Waals surface area contributed by atoms with Crippen LogP contribution < -0.4 is 0 Å². The zero-order valence-electron chi connectivity index (χ0n) is 14.7. The second-order valence-electron chi connectivity index (χ2n) is 6.52. The van der Waals surface area contributed by atoms with Gasteiger partial charge in [0.05, 0.1) is 5.25 Å². The molecule has 0 N–H and O–H groups in total. The van der Waals surface area contributed by atoms with Crippen LogP contribution in [0.5, 0.6) is 0 Å². The topological polar surface area (TPSA) is 46.1 Å². The summed E-state index contributed by atoms with van der Waals surface area (Å²) in [6, 6.07) is 12.5. The van der Waals surface area contributed by atoms with E-state index in [0.717, 1.165) is 41.2 Å². The summed E-state index contributed by atoms with van der Waals surface area (Å²) in [6.45, 7) is 3.76. The lowest BCUT2D eigenvalue weighted by Gasteiger charge is -2.28. The average molecular weight is 384 g/mol. The molecular formula is C20H21N3OS2. The summed E-state index contributed by atoms with van der Waals surface area (Å²) in [6.07, 6.45) is 5.07. The van der Waals surface area contributed by atoms with Crippen molar-refractivity contribution in [1.29, 1.82) is 0 Å². The monoisotopic (exact) mass is 383 g/mol. The molecule has 0 unspecified atom stereocenters. The number of carbonyl (C=O) groups excluding carboxylic acids is 1. The minimum Gasteiger partial charge on any atom is -0.342 e. The third kappa shape index (κ3) is 3.62. The Morgan fingerprint density at radius 1 is 1.15 bits per heavy atom. The number of rotatable bonds is 4. The van der Waals surface area contributed by atoms with Crippen molar-refractivity contribution in [3.8, 4) is 10.4 Å². The highest BCUT2D eigenvalue weighted by Gasteiger charge is 2.24. The minimum absolute atomic E-state index is 0.133. The summed E-state index contributed by atoms with van der Waals surface area (Å²) in [5, 5.41) is 1.80. The number of benzene rings is 1. The number of piperidine rings is 1. The van der Waals surface area contributed by atoms with Crippen LogP contribution in [0.2, 0.25) is 0 Å². The fourth-order valence-electron chi connectivity index (χ4n) is 3.26. The van der Waals surface area contributed by atoms with Gasteiger partial charge in [0.2, 0.25) is 5.91 Å². The summed E-state index contributed by atoms with van der Waals surface area (Å²) < 4.78 is 0. The van der Waals surface area contributed by atoms with Gasteiger partial charge in [-0.1, -0.05) is 42.1 Å². The Labute approximate surface area is 161 Å². The molecule has 1 saturated heterocycles. The number of likely N-dealkylation sites (tertiary alicyclic amines) is 1. The minimum atomic E-state index is -0.133. The van der Waals surface area contributed by atoms with Crippen molar-refractivity contribution in [3.63, 3.8) is 0 Å². The molecule has 0 saturated carbocycles. The van der Waals surface area contributed by atoms with E-state index in [9.17, 15) is 4.79 Å². The number of carbonyl (C=O) groups is 1. The molecule has 6 heteroatoms. The summed E-state index contributed by atoms with van der Waals surface area (Å²) in [5.74, 6) is 0.222. The number of hydrogen-bond acceptors (Lipinski definition) is 5. The van der Waals surface area contributed by atoms with Crippen LogP contribution in [0.4, 0.5) is 0 Å². The number of thiophene rings is 1. The van der Waals surface area contributed by atoms with Crippen molar-refractivity contribution >= 4 is 39.2 Å². The summed E-state index contributed by atoms with van der Waals surface area (Å²) in [7, 11) is 0. The fourth-order valence-corrected chi connectivity index (χ4v) is 5.31. The van der Waals surface area contributed by atoms with Crippen molar-refractivity contribution in [1.82, 2.24) is 14.9 Å².